The molecule has 1 aromatic carbocycles. The number of aryl methyl sites for hydroxylation is 1. The van der Waals surface area contributed by atoms with E-state index in [1.165, 1.54) is 0 Å². The topological polar surface area (TPSA) is 53.9 Å². The van der Waals surface area contributed by atoms with Crippen LogP contribution in [0.5, 0.6) is 0 Å². The lowest BCUT2D eigenvalue weighted by Crippen LogP contribution is -2.12. The molecule has 0 radical (unpaired) electrons. The quantitative estimate of drug-likeness (QED) is 0.746. The highest BCUT2D eigenvalue weighted by Gasteiger charge is 2.07. The van der Waals surface area contributed by atoms with Crippen LogP contribution in [0.2, 0.25) is 0 Å². The van der Waals surface area contributed by atoms with Crippen molar-refractivity contribution >= 4 is 0 Å². The Labute approximate surface area is 117 Å². The maximum atomic E-state index is 5.53. The predicted octanol–water partition coefficient (Wildman–Crippen LogP) is 3.27. The van der Waals surface area contributed by atoms with Gasteiger partial charge in [-0.3, -0.25) is 5.10 Å². The number of nitrogens with zero attached hydrogens (tertiary/aromatic N) is 1. The minimum Gasteiger partial charge on any atom is -0.465 e. The smallest absolute Gasteiger partial charge is 0.117 e. The molecule has 2 aromatic heterocycles. The highest BCUT2D eigenvalue weighted by Crippen LogP contribution is 2.20. The highest BCUT2D eigenvalue weighted by atomic mass is 16.3. The number of H-pyrrole nitrogens is 1. The van der Waals surface area contributed by atoms with E-state index >= 15 is 0 Å². The van der Waals surface area contributed by atoms with Crippen LogP contribution in [0.1, 0.15) is 17.1 Å². The number of benzene rings is 1. The Morgan fingerprint density at radius 1 is 1.10 bits per heavy atom. The van der Waals surface area contributed by atoms with Crippen LogP contribution in [0.4, 0.5) is 0 Å². The van der Waals surface area contributed by atoms with Crippen LogP contribution in [-0.2, 0) is 13.1 Å². The van der Waals surface area contributed by atoms with Gasteiger partial charge in [0.2, 0.25) is 0 Å². The Morgan fingerprint density at radius 3 is 2.70 bits per heavy atom. The number of hydrogen-bond acceptors (Lipinski definition) is 3. The third-order valence-corrected chi connectivity index (χ3v) is 3.19. The van der Waals surface area contributed by atoms with E-state index in [0.717, 1.165) is 34.9 Å². The van der Waals surface area contributed by atoms with Gasteiger partial charge in [0.25, 0.3) is 0 Å². The van der Waals surface area contributed by atoms with Crippen molar-refractivity contribution in [3.63, 3.8) is 0 Å². The molecule has 3 rings (SSSR count). The maximum absolute atomic E-state index is 5.53. The summed E-state index contributed by atoms with van der Waals surface area (Å²) in [5.74, 6) is 1.89. The molecular weight excluding hydrogens is 250 g/mol. The predicted molar refractivity (Wildman–Crippen MR) is 78.0 cm³/mol. The molecule has 0 bridgehead atoms. The first-order valence-electron chi connectivity index (χ1n) is 6.66. The normalized spacial score (nSPS) is 10.8. The summed E-state index contributed by atoms with van der Waals surface area (Å²) in [4.78, 5) is 0. The third kappa shape index (κ3) is 2.81. The Morgan fingerprint density at radius 2 is 1.95 bits per heavy atom. The highest BCUT2D eigenvalue weighted by molar-refractivity contribution is 5.62. The molecule has 2 N–H and O–H groups in total. The monoisotopic (exact) mass is 267 g/mol. The van der Waals surface area contributed by atoms with Gasteiger partial charge in [-0.15, -0.1) is 0 Å². The molecule has 0 atom stereocenters. The number of nitrogens with one attached hydrogen (secondary N) is 2. The van der Waals surface area contributed by atoms with E-state index in [2.05, 4.69) is 27.6 Å². The van der Waals surface area contributed by atoms with Crippen molar-refractivity contribution in [1.82, 2.24) is 15.5 Å². The average molecular weight is 267 g/mol. The molecule has 102 valence electrons. The Bertz CT molecular complexity index is 670. The van der Waals surface area contributed by atoms with Gasteiger partial charge in [-0.25, -0.2) is 0 Å². The zero-order valence-electron chi connectivity index (χ0n) is 11.4. The SMILES string of the molecule is Cc1ccc(CNCc2cn[nH]c2-c2ccccc2)o1. The lowest BCUT2D eigenvalue weighted by atomic mass is 10.1. The van der Waals surface area contributed by atoms with Gasteiger partial charge < -0.3 is 9.73 Å². The van der Waals surface area contributed by atoms with Crippen LogP contribution in [0, 0.1) is 6.92 Å². The summed E-state index contributed by atoms with van der Waals surface area (Å²) in [6.45, 7) is 3.42. The van der Waals surface area contributed by atoms with E-state index in [1.807, 2.05) is 43.5 Å². The van der Waals surface area contributed by atoms with Gasteiger partial charge in [-0.2, -0.15) is 5.10 Å². The molecule has 0 aliphatic rings. The summed E-state index contributed by atoms with van der Waals surface area (Å²) in [7, 11) is 0. The average Bonchev–Trinajstić information content (AvgIpc) is 3.09. The Balaban J connectivity index is 1.65. The van der Waals surface area contributed by atoms with Crippen molar-refractivity contribution in [3.8, 4) is 11.3 Å². The van der Waals surface area contributed by atoms with Crippen molar-refractivity contribution in [3.05, 3.63) is 65.7 Å². The lowest BCUT2D eigenvalue weighted by molar-refractivity contribution is 0.462. The zero-order chi connectivity index (χ0) is 13.8. The Hall–Kier alpha value is -2.33. The van der Waals surface area contributed by atoms with Gasteiger partial charge in [-0.1, -0.05) is 30.3 Å². The van der Waals surface area contributed by atoms with E-state index < -0.39 is 0 Å². The second-order valence-electron chi connectivity index (χ2n) is 4.75. The van der Waals surface area contributed by atoms with Crippen LogP contribution in [-0.4, -0.2) is 10.2 Å². The molecule has 0 aliphatic carbocycles. The second-order valence-corrected chi connectivity index (χ2v) is 4.75. The van der Waals surface area contributed by atoms with Crippen LogP contribution < -0.4 is 5.32 Å². The number of hydrogen-bond donors (Lipinski definition) is 2. The van der Waals surface area contributed by atoms with Gasteiger partial charge in [0.1, 0.15) is 11.5 Å². The van der Waals surface area contributed by atoms with E-state index in [-0.39, 0.29) is 0 Å². The van der Waals surface area contributed by atoms with Crippen LogP contribution >= 0.6 is 0 Å². The summed E-state index contributed by atoms with van der Waals surface area (Å²) >= 11 is 0. The van der Waals surface area contributed by atoms with Gasteiger partial charge in [0, 0.05) is 12.1 Å². The van der Waals surface area contributed by atoms with Crippen LogP contribution in [0.3, 0.4) is 0 Å². The maximum Gasteiger partial charge on any atom is 0.117 e. The largest absolute Gasteiger partial charge is 0.465 e. The first kappa shape index (κ1) is 12.7. The van der Waals surface area contributed by atoms with E-state index in [1.54, 1.807) is 0 Å². The van der Waals surface area contributed by atoms with Gasteiger partial charge in [0.05, 0.1) is 18.4 Å². The summed E-state index contributed by atoms with van der Waals surface area (Å²) in [5, 5.41) is 10.6. The van der Waals surface area contributed by atoms with E-state index in [0.29, 0.717) is 6.54 Å². The first-order valence-corrected chi connectivity index (χ1v) is 6.66. The second kappa shape index (κ2) is 5.75. The summed E-state index contributed by atoms with van der Waals surface area (Å²) < 4.78 is 5.53. The molecule has 4 nitrogen and oxygen atoms in total. The molecule has 0 unspecified atom stereocenters. The molecule has 2 heterocycles. The van der Waals surface area contributed by atoms with Crippen molar-refractivity contribution in [2.75, 3.05) is 0 Å². The molecule has 0 spiro atoms. The first-order chi connectivity index (χ1) is 9.83. The van der Waals surface area contributed by atoms with E-state index in [4.69, 9.17) is 4.42 Å². The van der Waals surface area contributed by atoms with Crippen LogP contribution in [0.25, 0.3) is 11.3 Å². The molecular formula is C16H17N3O. The molecule has 0 fully saturated rings. The summed E-state index contributed by atoms with van der Waals surface area (Å²) in [5.41, 5.74) is 3.36. The molecule has 0 amide bonds. The van der Waals surface area contributed by atoms with Crippen LogP contribution in [0.15, 0.2) is 53.1 Å². The standard InChI is InChI=1S/C16H17N3O/c1-12-7-8-15(20-12)11-17-9-14-10-18-19-16(14)13-5-3-2-4-6-13/h2-8,10,17H,9,11H2,1H3,(H,18,19). The Kier molecular flexibility index (Phi) is 3.65. The molecule has 3 aromatic rings. The molecule has 4 heteroatoms. The number of aromatic nitrogens is 2. The van der Waals surface area contributed by atoms with Gasteiger partial charge in [0.15, 0.2) is 0 Å². The molecule has 0 saturated heterocycles. The molecule has 20 heavy (non-hydrogen) atoms. The number of furan rings is 1. The third-order valence-electron chi connectivity index (χ3n) is 3.19. The minimum atomic E-state index is 0.716. The summed E-state index contributed by atoms with van der Waals surface area (Å²) in [6.07, 6.45) is 1.86. The lowest BCUT2D eigenvalue weighted by Gasteiger charge is -2.04. The van der Waals surface area contributed by atoms with Gasteiger partial charge >= 0.3 is 0 Å². The zero-order valence-corrected chi connectivity index (χ0v) is 11.4. The van der Waals surface area contributed by atoms with Crippen molar-refractivity contribution in [2.24, 2.45) is 0 Å². The number of rotatable bonds is 5. The van der Waals surface area contributed by atoms with E-state index in [9.17, 15) is 0 Å². The fourth-order valence-electron chi connectivity index (χ4n) is 2.20. The fourth-order valence-corrected chi connectivity index (χ4v) is 2.20. The van der Waals surface area contributed by atoms with Crippen molar-refractivity contribution in [1.29, 1.82) is 0 Å². The van der Waals surface area contributed by atoms with Crippen molar-refractivity contribution in [2.45, 2.75) is 20.0 Å². The number of aromatic amines is 1. The fraction of sp³-hybridized carbons (Fsp3) is 0.188. The molecule has 0 aliphatic heterocycles. The molecule has 0 saturated carbocycles. The van der Waals surface area contributed by atoms with Gasteiger partial charge in [-0.05, 0) is 24.6 Å². The van der Waals surface area contributed by atoms with Crippen molar-refractivity contribution < 1.29 is 4.42 Å². The summed E-state index contributed by atoms with van der Waals surface area (Å²) in [6, 6.07) is 14.2. The minimum absolute atomic E-state index is 0.716.